The predicted molar refractivity (Wildman–Crippen MR) is 85.5 cm³/mol. The zero-order valence-electron chi connectivity index (χ0n) is 13.4. The molecule has 1 atom stereocenters. The Morgan fingerprint density at radius 1 is 1.38 bits per heavy atom. The Morgan fingerprint density at radius 3 is 2.79 bits per heavy atom. The number of rotatable bonds is 5. The van der Waals surface area contributed by atoms with Crippen molar-refractivity contribution in [2.75, 3.05) is 56.2 Å². The van der Waals surface area contributed by atoms with E-state index in [0.717, 1.165) is 5.01 Å². The molecule has 130 valence electrons. The first-order valence-electron chi connectivity index (χ1n) is 7.73. The number of morpholine rings is 1. The highest BCUT2D eigenvalue weighted by molar-refractivity contribution is 5.90. The van der Waals surface area contributed by atoms with Crippen LogP contribution in [0.1, 0.15) is 0 Å². The van der Waals surface area contributed by atoms with Crippen LogP contribution >= 0.6 is 0 Å². The van der Waals surface area contributed by atoms with Crippen LogP contribution in [0.4, 0.5) is 20.6 Å². The Bertz CT molecular complexity index is 623. The fraction of sp³-hybridized carbons (Fsp3) is 0.533. The van der Waals surface area contributed by atoms with Gasteiger partial charge in [0.2, 0.25) is 0 Å². The van der Waals surface area contributed by atoms with Crippen molar-refractivity contribution in [2.45, 2.75) is 6.10 Å². The average Bonchev–Trinajstić information content (AvgIpc) is 2.95. The molecule has 0 aromatic heterocycles. The molecule has 0 bridgehead atoms. The molecule has 0 radical (unpaired) electrons. The van der Waals surface area contributed by atoms with Crippen LogP contribution in [0.15, 0.2) is 23.5 Å². The molecular formula is C15H19FN4O4. The van der Waals surface area contributed by atoms with Crippen LogP contribution in [0.25, 0.3) is 0 Å². The number of hydrogen-bond acceptors (Lipinski definition) is 6. The Kier molecular flexibility index (Phi) is 4.79. The summed E-state index contributed by atoms with van der Waals surface area (Å²) in [5.41, 5.74) is 0.926. The molecule has 1 aromatic carbocycles. The highest BCUT2D eigenvalue weighted by Crippen LogP contribution is 2.28. The second-order valence-corrected chi connectivity index (χ2v) is 5.77. The maximum atomic E-state index is 14.5. The lowest BCUT2D eigenvalue weighted by Crippen LogP contribution is -2.36. The molecule has 3 rings (SSSR count). The van der Waals surface area contributed by atoms with Crippen LogP contribution in [0, 0.1) is 10.7 Å². The first-order valence-corrected chi connectivity index (χ1v) is 7.73. The second kappa shape index (κ2) is 7.00. The van der Waals surface area contributed by atoms with Crippen LogP contribution in [0.2, 0.25) is 0 Å². The van der Waals surface area contributed by atoms with Gasteiger partial charge in [0.05, 0.1) is 43.0 Å². The number of ether oxygens (including phenoxy) is 2. The van der Waals surface area contributed by atoms with Gasteiger partial charge in [-0.2, -0.15) is 0 Å². The summed E-state index contributed by atoms with van der Waals surface area (Å²) in [4.78, 5) is 25.7. The van der Waals surface area contributed by atoms with Crippen LogP contribution in [-0.4, -0.2) is 63.6 Å². The number of likely N-dealkylation sites (N-methyl/N-ethyl adjacent to an activating group) is 1. The number of hydrogen-bond donors (Lipinski definition) is 0. The summed E-state index contributed by atoms with van der Waals surface area (Å²) in [6, 6.07) is 4.69. The summed E-state index contributed by atoms with van der Waals surface area (Å²) in [7, 11) is 1.50. The summed E-state index contributed by atoms with van der Waals surface area (Å²) in [5.74, 6) is -0.391. The van der Waals surface area contributed by atoms with Crippen molar-refractivity contribution in [1.82, 2.24) is 5.01 Å². The third kappa shape index (κ3) is 3.40. The van der Waals surface area contributed by atoms with Crippen LogP contribution in [0.5, 0.6) is 0 Å². The van der Waals surface area contributed by atoms with E-state index in [-0.39, 0.29) is 13.1 Å². The lowest BCUT2D eigenvalue weighted by molar-refractivity contribution is 0.117. The number of benzene rings is 1. The molecular weight excluding hydrogens is 319 g/mol. The van der Waals surface area contributed by atoms with Gasteiger partial charge in [0, 0.05) is 20.1 Å². The van der Waals surface area contributed by atoms with Crippen molar-refractivity contribution in [2.24, 2.45) is 5.29 Å². The largest absolute Gasteiger partial charge is 0.442 e. The summed E-state index contributed by atoms with van der Waals surface area (Å²) < 4.78 is 24.9. The molecule has 2 aliphatic heterocycles. The van der Waals surface area contributed by atoms with E-state index >= 15 is 0 Å². The maximum absolute atomic E-state index is 14.5. The minimum atomic E-state index is -0.558. The van der Waals surface area contributed by atoms with E-state index in [4.69, 9.17) is 9.47 Å². The normalized spacial score (nSPS) is 20.9. The molecule has 1 amide bonds. The van der Waals surface area contributed by atoms with E-state index in [1.807, 2.05) is 4.90 Å². The number of halogens is 1. The number of carbonyl (C=O) groups excluding carboxylic acids is 1. The van der Waals surface area contributed by atoms with Gasteiger partial charge in [-0.15, -0.1) is 4.91 Å². The van der Waals surface area contributed by atoms with Crippen molar-refractivity contribution in [3.05, 3.63) is 28.9 Å². The monoisotopic (exact) mass is 338 g/mol. The maximum Gasteiger partial charge on any atom is 0.414 e. The number of anilines is 2. The Morgan fingerprint density at radius 2 is 2.12 bits per heavy atom. The Balaban J connectivity index is 1.71. The van der Waals surface area contributed by atoms with Crippen molar-refractivity contribution in [1.29, 1.82) is 0 Å². The fourth-order valence-corrected chi connectivity index (χ4v) is 2.88. The molecule has 24 heavy (non-hydrogen) atoms. The number of cyclic esters (lactones) is 1. The molecule has 2 fully saturated rings. The third-order valence-electron chi connectivity index (χ3n) is 4.08. The Labute approximate surface area is 138 Å². The van der Waals surface area contributed by atoms with Crippen LogP contribution in [-0.2, 0) is 9.47 Å². The van der Waals surface area contributed by atoms with Crippen molar-refractivity contribution in [3.63, 3.8) is 0 Å². The summed E-state index contributed by atoms with van der Waals surface area (Å²) >= 11 is 0. The Hall–Kier alpha value is -2.42. The zero-order chi connectivity index (χ0) is 17.1. The van der Waals surface area contributed by atoms with E-state index < -0.39 is 18.0 Å². The second-order valence-electron chi connectivity index (χ2n) is 5.77. The topological polar surface area (TPSA) is 74.7 Å². The highest BCUT2D eigenvalue weighted by Gasteiger charge is 2.33. The van der Waals surface area contributed by atoms with Gasteiger partial charge in [-0.25, -0.2) is 9.18 Å². The lowest BCUT2D eigenvalue weighted by atomic mass is 10.2. The molecule has 1 aromatic rings. The summed E-state index contributed by atoms with van der Waals surface area (Å²) in [5, 5.41) is 3.91. The van der Waals surface area contributed by atoms with E-state index in [9.17, 15) is 14.1 Å². The number of carbonyl (C=O) groups is 1. The van der Waals surface area contributed by atoms with Gasteiger partial charge in [0.1, 0.15) is 11.9 Å². The fourth-order valence-electron chi connectivity index (χ4n) is 2.88. The molecule has 1 unspecified atom stereocenters. The average molecular weight is 338 g/mol. The molecule has 2 saturated heterocycles. The third-order valence-corrected chi connectivity index (χ3v) is 4.08. The minimum Gasteiger partial charge on any atom is -0.442 e. The highest BCUT2D eigenvalue weighted by atomic mass is 19.1. The van der Waals surface area contributed by atoms with Gasteiger partial charge in [-0.05, 0) is 18.2 Å². The van der Waals surface area contributed by atoms with E-state index in [1.54, 1.807) is 12.1 Å². The number of nitrogens with zero attached hydrogens (tertiary/aromatic N) is 4. The van der Waals surface area contributed by atoms with Gasteiger partial charge < -0.3 is 14.4 Å². The standard InChI is InChI=1S/C15H19FN4O4/c1-18(17-22)9-12-10-20(15(21)24-12)11-2-3-14(13(16)8-11)19-4-6-23-7-5-19/h2-3,8,12H,4-7,9-10H2,1H3. The predicted octanol–water partition coefficient (Wildman–Crippen LogP) is 1.60. The van der Waals surface area contributed by atoms with Gasteiger partial charge in [-0.1, -0.05) is 0 Å². The van der Waals surface area contributed by atoms with Gasteiger partial charge >= 0.3 is 6.09 Å². The molecule has 8 nitrogen and oxygen atoms in total. The van der Waals surface area contributed by atoms with Crippen LogP contribution in [0.3, 0.4) is 0 Å². The minimum absolute atomic E-state index is 0.195. The van der Waals surface area contributed by atoms with Crippen molar-refractivity contribution in [3.8, 4) is 0 Å². The first kappa shape index (κ1) is 16.4. The van der Waals surface area contributed by atoms with Gasteiger partial charge in [0.25, 0.3) is 0 Å². The van der Waals surface area contributed by atoms with E-state index in [0.29, 0.717) is 37.7 Å². The van der Waals surface area contributed by atoms with E-state index in [1.165, 1.54) is 18.0 Å². The molecule has 9 heteroatoms. The number of amides is 1. The number of nitroso groups, excluding NO2 is 1. The molecule has 0 spiro atoms. The van der Waals surface area contributed by atoms with E-state index in [2.05, 4.69) is 5.29 Å². The molecule has 0 aliphatic carbocycles. The molecule has 0 saturated carbocycles. The lowest BCUT2D eigenvalue weighted by Gasteiger charge is -2.29. The quantitative estimate of drug-likeness (QED) is 0.600. The zero-order valence-corrected chi connectivity index (χ0v) is 13.4. The molecule has 0 N–H and O–H groups in total. The van der Waals surface area contributed by atoms with Crippen LogP contribution < -0.4 is 9.80 Å². The van der Waals surface area contributed by atoms with Crippen molar-refractivity contribution >= 4 is 17.5 Å². The first-order chi connectivity index (χ1) is 11.6. The van der Waals surface area contributed by atoms with Gasteiger partial charge in [-0.3, -0.25) is 9.91 Å². The smallest absolute Gasteiger partial charge is 0.414 e. The SMILES string of the molecule is CN(CC1CN(c2ccc(N3CCOCC3)c(F)c2)C(=O)O1)N=O. The summed E-state index contributed by atoms with van der Waals surface area (Å²) in [6.07, 6.45) is -1.04. The molecule has 2 aliphatic rings. The van der Waals surface area contributed by atoms with Crippen molar-refractivity contribution < 1.29 is 18.7 Å². The van der Waals surface area contributed by atoms with Gasteiger partial charge in [0.15, 0.2) is 0 Å². The molecule has 2 heterocycles. The summed E-state index contributed by atoms with van der Waals surface area (Å²) in [6.45, 7) is 2.85.